The average molecular weight is 537 g/mol. The van der Waals surface area contributed by atoms with E-state index in [0.717, 1.165) is 27.6 Å². The second kappa shape index (κ2) is 11.8. The van der Waals surface area contributed by atoms with Gasteiger partial charge in [0.25, 0.3) is 5.91 Å². The predicted octanol–water partition coefficient (Wildman–Crippen LogP) is 6.91. The maximum atomic E-state index is 13.7. The first-order chi connectivity index (χ1) is 17.7. The van der Waals surface area contributed by atoms with Gasteiger partial charge in [-0.2, -0.15) is 0 Å². The molecule has 1 aromatic heterocycles. The van der Waals surface area contributed by atoms with Crippen molar-refractivity contribution in [1.29, 1.82) is 0 Å². The minimum Gasteiger partial charge on any atom is -0.361 e. The van der Waals surface area contributed by atoms with Gasteiger partial charge in [0, 0.05) is 41.8 Å². The number of aryl methyl sites for hydroxylation is 1. The van der Waals surface area contributed by atoms with Crippen molar-refractivity contribution in [2.24, 2.45) is 0 Å². The molecule has 4 rings (SSSR count). The van der Waals surface area contributed by atoms with E-state index in [4.69, 9.17) is 23.2 Å². The first-order valence-corrected chi connectivity index (χ1v) is 13.1. The minimum atomic E-state index is -0.158. The van der Waals surface area contributed by atoms with Crippen molar-refractivity contribution in [1.82, 2.24) is 14.8 Å². The molecule has 3 aromatic carbocycles. The SMILES string of the molecule is Cc1ccc(C(=O)N(CC(=O)N(CCc2c[nH]c3ccccc23)Cc2ccc(Cl)c(Cl)c2)C(C)C)cc1. The van der Waals surface area contributed by atoms with Gasteiger partial charge in [0.15, 0.2) is 0 Å². The number of hydrogen-bond donors (Lipinski definition) is 1. The van der Waals surface area contributed by atoms with Gasteiger partial charge in [-0.1, -0.05) is 65.2 Å². The topological polar surface area (TPSA) is 56.4 Å². The largest absolute Gasteiger partial charge is 0.361 e. The fraction of sp³-hybridized carbons (Fsp3) is 0.267. The molecule has 0 radical (unpaired) electrons. The molecule has 0 spiro atoms. The van der Waals surface area contributed by atoms with E-state index >= 15 is 0 Å². The standard InChI is InChI=1S/C30H31Cl2N3O2/c1-20(2)35(30(37)23-11-8-21(3)9-12-23)19-29(36)34(18-22-10-13-26(31)27(32)16-22)15-14-24-17-33-28-7-5-4-6-25(24)28/h4-13,16-17,20,33H,14-15,18-19H2,1-3H3. The van der Waals surface area contributed by atoms with Crippen molar-refractivity contribution in [2.75, 3.05) is 13.1 Å². The fourth-order valence-electron chi connectivity index (χ4n) is 4.34. The van der Waals surface area contributed by atoms with Crippen molar-refractivity contribution in [3.8, 4) is 0 Å². The molecule has 0 atom stereocenters. The van der Waals surface area contributed by atoms with Crippen molar-refractivity contribution < 1.29 is 9.59 Å². The van der Waals surface area contributed by atoms with Gasteiger partial charge in [-0.15, -0.1) is 0 Å². The lowest BCUT2D eigenvalue weighted by Crippen LogP contribution is -2.46. The number of halogens is 2. The lowest BCUT2D eigenvalue weighted by Gasteiger charge is -2.30. The van der Waals surface area contributed by atoms with Crippen LogP contribution in [0.1, 0.15) is 40.9 Å². The van der Waals surface area contributed by atoms with Crippen molar-refractivity contribution in [3.63, 3.8) is 0 Å². The molecule has 0 aliphatic heterocycles. The van der Waals surface area contributed by atoms with E-state index in [1.54, 1.807) is 21.9 Å². The Labute approximate surface area is 228 Å². The number of benzene rings is 3. The summed E-state index contributed by atoms with van der Waals surface area (Å²) < 4.78 is 0. The Morgan fingerprint density at radius 3 is 2.38 bits per heavy atom. The van der Waals surface area contributed by atoms with Crippen LogP contribution in [0.4, 0.5) is 0 Å². The van der Waals surface area contributed by atoms with Gasteiger partial charge < -0.3 is 14.8 Å². The summed E-state index contributed by atoms with van der Waals surface area (Å²) in [4.78, 5) is 33.7. The van der Waals surface area contributed by atoms with Gasteiger partial charge in [-0.25, -0.2) is 0 Å². The number of nitrogens with zero attached hydrogens (tertiary/aromatic N) is 2. The van der Waals surface area contributed by atoms with E-state index in [1.165, 1.54) is 0 Å². The van der Waals surface area contributed by atoms with Crippen LogP contribution in [0.3, 0.4) is 0 Å². The molecule has 7 heteroatoms. The number of carbonyl (C=O) groups is 2. The molecule has 4 aromatic rings. The average Bonchev–Trinajstić information content (AvgIpc) is 3.30. The highest BCUT2D eigenvalue weighted by molar-refractivity contribution is 6.42. The predicted molar refractivity (Wildman–Crippen MR) is 151 cm³/mol. The summed E-state index contributed by atoms with van der Waals surface area (Å²) in [7, 11) is 0. The first kappa shape index (κ1) is 26.8. The minimum absolute atomic E-state index is 0.0143. The highest BCUT2D eigenvalue weighted by atomic mass is 35.5. The molecule has 1 heterocycles. The fourth-order valence-corrected chi connectivity index (χ4v) is 4.66. The van der Waals surface area contributed by atoms with Gasteiger partial charge in [-0.3, -0.25) is 9.59 Å². The van der Waals surface area contributed by atoms with Gasteiger partial charge in [0.2, 0.25) is 5.91 Å². The molecular formula is C30H31Cl2N3O2. The number of H-pyrrole nitrogens is 1. The summed E-state index contributed by atoms with van der Waals surface area (Å²) in [6.45, 7) is 6.67. The van der Waals surface area contributed by atoms with Crippen LogP contribution >= 0.6 is 23.2 Å². The van der Waals surface area contributed by atoms with E-state index in [-0.39, 0.29) is 24.4 Å². The number of rotatable bonds is 9. The van der Waals surface area contributed by atoms with Crippen LogP contribution in [-0.2, 0) is 17.8 Å². The van der Waals surface area contributed by atoms with Crippen LogP contribution in [0.15, 0.2) is 72.9 Å². The zero-order chi connectivity index (χ0) is 26.5. The Bertz CT molecular complexity index is 1400. The first-order valence-electron chi connectivity index (χ1n) is 12.4. The van der Waals surface area contributed by atoms with Crippen LogP contribution < -0.4 is 0 Å². The molecule has 0 saturated carbocycles. The summed E-state index contributed by atoms with van der Waals surface area (Å²) in [5, 5.41) is 2.06. The summed E-state index contributed by atoms with van der Waals surface area (Å²) in [5.74, 6) is -0.283. The lowest BCUT2D eigenvalue weighted by molar-refractivity contribution is -0.132. The Morgan fingerprint density at radius 1 is 0.946 bits per heavy atom. The van der Waals surface area contributed by atoms with E-state index in [1.807, 2.05) is 75.5 Å². The number of aromatic amines is 1. The molecule has 5 nitrogen and oxygen atoms in total. The lowest BCUT2D eigenvalue weighted by atomic mass is 10.1. The molecule has 1 N–H and O–H groups in total. The van der Waals surface area contributed by atoms with Crippen LogP contribution in [0.5, 0.6) is 0 Å². The molecule has 192 valence electrons. The monoisotopic (exact) mass is 535 g/mol. The molecule has 0 unspecified atom stereocenters. The zero-order valence-corrected chi connectivity index (χ0v) is 22.8. The smallest absolute Gasteiger partial charge is 0.254 e. The Balaban J connectivity index is 1.56. The van der Waals surface area contributed by atoms with Crippen molar-refractivity contribution >= 4 is 45.9 Å². The highest BCUT2D eigenvalue weighted by Gasteiger charge is 2.25. The molecule has 0 fully saturated rings. The summed E-state index contributed by atoms with van der Waals surface area (Å²) in [6.07, 6.45) is 2.67. The molecule has 2 amide bonds. The summed E-state index contributed by atoms with van der Waals surface area (Å²) in [6, 6.07) is 20.8. The normalized spacial score (nSPS) is 11.2. The molecule has 0 aliphatic carbocycles. The van der Waals surface area contributed by atoms with Crippen molar-refractivity contribution in [2.45, 2.75) is 39.8 Å². The highest BCUT2D eigenvalue weighted by Crippen LogP contribution is 2.24. The maximum absolute atomic E-state index is 13.7. The van der Waals surface area contributed by atoms with Gasteiger partial charge >= 0.3 is 0 Å². The van der Waals surface area contributed by atoms with Crippen LogP contribution in [0.2, 0.25) is 10.0 Å². The quantitative estimate of drug-likeness (QED) is 0.253. The van der Waals surface area contributed by atoms with Gasteiger partial charge in [-0.05, 0) is 68.7 Å². The zero-order valence-electron chi connectivity index (χ0n) is 21.3. The van der Waals surface area contributed by atoms with Gasteiger partial charge in [0.1, 0.15) is 6.54 Å². The van der Waals surface area contributed by atoms with E-state index in [9.17, 15) is 9.59 Å². The summed E-state index contributed by atoms with van der Waals surface area (Å²) in [5.41, 5.74) is 4.73. The van der Waals surface area contributed by atoms with Crippen molar-refractivity contribution in [3.05, 3.63) is 105 Å². The number of carbonyl (C=O) groups excluding carboxylic acids is 2. The molecule has 0 saturated heterocycles. The third kappa shape index (κ3) is 6.54. The van der Waals surface area contributed by atoms with Crippen LogP contribution in [0, 0.1) is 6.92 Å². The third-order valence-electron chi connectivity index (χ3n) is 6.52. The number of fused-ring (bicyclic) bond motifs is 1. The molecular weight excluding hydrogens is 505 g/mol. The Kier molecular flexibility index (Phi) is 8.57. The number of hydrogen-bond acceptors (Lipinski definition) is 2. The molecule has 0 bridgehead atoms. The molecule has 37 heavy (non-hydrogen) atoms. The third-order valence-corrected chi connectivity index (χ3v) is 7.26. The van der Waals surface area contributed by atoms with E-state index < -0.39 is 0 Å². The van der Waals surface area contributed by atoms with E-state index in [2.05, 4.69) is 11.1 Å². The second-order valence-electron chi connectivity index (χ2n) is 9.57. The number of para-hydroxylation sites is 1. The Hall–Kier alpha value is -3.28. The number of aromatic nitrogens is 1. The van der Waals surface area contributed by atoms with Crippen LogP contribution in [0.25, 0.3) is 10.9 Å². The maximum Gasteiger partial charge on any atom is 0.254 e. The summed E-state index contributed by atoms with van der Waals surface area (Å²) >= 11 is 12.4. The number of amides is 2. The number of nitrogens with one attached hydrogen (secondary N) is 1. The van der Waals surface area contributed by atoms with Gasteiger partial charge in [0.05, 0.1) is 10.0 Å². The Morgan fingerprint density at radius 2 is 1.68 bits per heavy atom. The molecule has 0 aliphatic rings. The second-order valence-corrected chi connectivity index (χ2v) is 10.4. The van der Waals surface area contributed by atoms with Crippen LogP contribution in [-0.4, -0.2) is 45.7 Å². The van der Waals surface area contributed by atoms with E-state index in [0.29, 0.717) is 35.1 Å².